The first-order valence-corrected chi connectivity index (χ1v) is 10.3. The Labute approximate surface area is 176 Å². The molecule has 0 aromatic heterocycles. The highest BCUT2D eigenvalue weighted by Gasteiger charge is 2.41. The van der Waals surface area contributed by atoms with Gasteiger partial charge in [-0.15, -0.1) is 0 Å². The molecule has 0 atom stereocenters. The van der Waals surface area contributed by atoms with E-state index in [1.165, 1.54) is 0 Å². The van der Waals surface area contributed by atoms with Gasteiger partial charge in [-0.1, -0.05) is 37.1 Å². The molecule has 152 valence electrons. The van der Waals surface area contributed by atoms with E-state index in [0.717, 1.165) is 18.4 Å². The van der Waals surface area contributed by atoms with Gasteiger partial charge in [0, 0.05) is 23.9 Å². The molecule has 1 N–H and O–H groups in total. The van der Waals surface area contributed by atoms with E-state index in [9.17, 15) is 10.1 Å². The van der Waals surface area contributed by atoms with Crippen LogP contribution in [0.25, 0.3) is 0 Å². The highest BCUT2D eigenvalue weighted by molar-refractivity contribution is 6.30. The Morgan fingerprint density at radius 2 is 1.97 bits per heavy atom. The predicted octanol–water partition coefficient (Wildman–Crippen LogP) is 5.08. The van der Waals surface area contributed by atoms with Crippen LogP contribution in [-0.4, -0.2) is 25.7 Å². The molecule has 1 aliphatic heterocycles. The summed E-state index contributed by atoms with van der Waals surface area (Å²) in [6.07, 6.45) is 3.12. The number of hydrogen-bond donors (Lipinski definition) is 1. The van der Waals surface area contributed by atoms with Crippen LogP contribution < -0.4 is 10.1 Å². The summed E-state index contributed by atoms with van der Waals surface area (Å²) in [6.45, 7) is 3.68. The minimum Gasteiger partial charge on any atom is -0.492 e. The Morgan fingerprint density at radius 1 is 1.24 bits per heavy atom. The summed E-state index contributed by atoms with van der Waals surface area (Å²) in [4.78, 5) is 13.4. The smallest absolute Gasteiger partial charge is 0.235 e. The minimum atomic E-state index is -0.689. The summed E-state index contributed by atoms with van der Waals surface area (Å²) in [7, 11) is 0. The molecule has 2 aromatic carbocycles. The number of unbranched alkanes of at least 4 members (excludes halogenated alkanes) is 1. The third kappa shape index (κ3) is 4.90. The van der Waals surface area contributed by atoms with E-state index in [1.54, 1.807) is 30.3 Å². The fraction of sp³-hybridized carbons (Fsp3) is 0.391. The summed E-state index contributed by atoms with van der Waals surface area (Å²) >= 11 is 6.03. The molecule has 6 heteroatoms. The Balaban J connectivity index is 1.83. The molecule has 0 saturated carbocycles. The molecule has 2 aromatic rings. The number of nitriles is 1. The van der Waals surface area contributed by atoms with Gasteiger partial charge in [0.2, 0.25) is 5.91 Å². The number of nitrogens with one attached hydrogen (secondary N) is 1. The van der Waals surface area contributed by atoms with Crippen molar-refractivity contribution in [1.29, 1.82) is 5.26 Å². The lowest BCUT2D eigenvalue weighted by Gasteiger charge is -2.36. The number of nitrogens with zero attached hydrogens (tertiary/aromatic N) is 1. The van der Waals surface area contributed by atoms with Crippen molar-refractivity contribution in [3.05, 3.63) is 58.6 Å². The lowest BCUT2D eigenvalue weighted by atomic mass is 9.73. The second-order valence-electron chi connectivity index (χ2n) is 7.18. The monoisotopic (exact) mass is 412 g/mol. The third-order valence-electron chi connectivity index (χ3n) is 5.29. The van der Waals surface area contributed by atoms with Crippen molar-refractivity contribution in [1.82, 2.24) is 0 Å². The highest BCUT2D eigenvalue weighted by atomic mass is 35.5. The molecule has 5 nitrogen and oxygen atoms in total. The molecular weight excluding hydrogens is 388 g/mol. The van der Waals surface area contributed by atoms with Crippen LogP contribution in [0, 0.1) is 11.3 Å². The van der Waals surface area contributed by atoms with Gasteiger partial charge in [-0.05, 0) is 55.2 Å². The molecule has 1 heterocycles. The lowest BCUT2D eigenvalue weighted by Crippen LogP contribution is -2.44. The number of benzene rings is 2. The van der Waals surface area contributed by atoms with Crippen LogP contribution >= 0.6 is 11.6 Å². The average Bonchev–Trinajstić information content (AvgIpc) is 2.75. The maximum Gasteiger partial charge on any atom is 0.235 e. The standard InChI is InChI=1S/C23H25ClN2O3/c1-2-3-12-29-21-9-8-20(15-17(21)16-25)26-22(27)23(10-13-28-14-11-23)18-4-6-19(24)7-5-18/h4-9,15H,2-3,10-14H2,1H3,(H,26,27). The first-order chi connectivity index (χ1) is 14.1. The van der Waals surface area contributed by atoms with E-state index in [1.807, 2.05) is 12.1 Å². The molecule has 1 aliphatic rings. The summed E-state index contributed by atoms with van der Waals surface area (Å²) in [6, 6.07) is 14.7. The van der Waals surface area contributed by atoms with Gasteiger partial charge < -0.3 is 14.8 Å². The normalized spacial score (nSPS) is 15.3. The summed E-state index contributed by atoms with van der Waals surface area (Å²) in [5.74, 6) is 0.434. The van der Waals surface area contributed by atoms with Gasteiger partial charge in [-0.25, -0.2) is 0 Å². The molecule has 1 saturated heterocycles. The fourth-order valence-corrected chi connectivity index (χ4v) is 3.66. The minimum absolute atomic E-state index is 0.105. The topological polar surface area (TPSA) is 71.3 Å². The van der Waals surface area contributed by atoms with E-state index in [4.69, 9.17) is 21.1 Å². The van der Waals surface area contributed by atoms with Crippen molar-refractivity contribution in [2.45, 2.75) is 38.0 Å². The SMILES string of the molecule is CCCCOc1ccc(NC(=O)C2(c3ccc(Cl)cc3)CCOCC2)cc1C#N. The second-order valence-corrected chi connectivity index (χ2v) is 7.62. The van der Waals surface area contributed by atoms with Gasteiger partial charge in [0.1, 0.15) is 11.8 Å². The molecule has 0 unspecified atom stereocenters. The van der Waals surface area contributed by atoms with E-state index in [-0.39, 0.29) is 5.91 Å². The van der Waals surface area contributed by atoms with E-state index < -0.39 is 5.41 Å². The van der Waals surface area contributed by atoms with Gasteiger partial charge >= 0.3 is 0 Å². The van der Waals surface area contributed by atoms with Crippen LogP contribution in [0.4, 0.5) is 5.69 Å². The van der Waals surface area contributed by atoms with E-state index >= 15 is 0 Å². The van der Waals surface area contributed by atoms with Crippen molar-refractivity contribution in [2.24, 2.45) is 0 Å². The molecule has 0 radical (unpaired) electrons. The number of rotatable bonds is 7. The van der Waals surface area contributed by atoms with Crippen molar-refractivity contribution >= 4 is 23.2 Å². The van der Waals surface area contributed by atoms with Crippen molar-refractivity contribution in [2.75, 3.05) is 25.1 Å². The quantitative estimate of drug-likeness (QED) is 0.644. The lowest BCUT2D eigenvalue weighted by molar-refractivity contribution is -0.125. The molecule has 1 fully saturated rings. The first kappa shape index (κ1) is 21.2. The number of ether oxygens (including phenoxy) is 2. The van der Waals surface area contributed by atoms with Crippen LogP contribution in [0.15, 0.2) is 42.5 Å². The molecule has 0 bridgehead atoms. The van der Waals surface area contributed by atoms with E-state index in [0.29, 0.717) is 54.7 Å². The van der Waals surface area contributed by atoms with Gasteiger partial charge in [-0.2, -0.15) is 5.26 Å². The molecular formula is C23H25ClN2O3. The largest absolute Gasteiger partial charge is 0.492 e. The Hall–Kier alpha value is -2.55. The predicted molar refractivity (Wildman–Crippen MR) is 113 cm³/mol. The Morgan fingerprint density at radius 3 is 2.62 bits per heavy atom. The number of carbonyl (C=O) groups is 1. The summed E-state index contributed by atoms with van der Waals surface area (Å²) in [5, 5.41) is 13.1. The van der Waals surface area contributed by atoms with Crippen LogP contribution in [0.5, 0.6) is 5.75 Å². The maximum absolute atomic E-state index is 13.4. The zero-order chi connectivity index (χ0) is 20.7. The fourth-order valence-electron chi connectivity index (χ4n) is 3.53. The van der Waals surface area contributed by atoms with Gasteiger partial charge in [0.15, 0.2) is 0 Å². The van der Waals surface area contributed by atoms with Gasteiger partial charge in [-0.3, -0.25) is 4.79 Å². The Kier molecular flexibility index (Phi) is 7.13. The maximum atomic E-state index is 13.4. The van der Waals surface area contributed by atoms with Crippen LogP contribution in [0.2, 0.25) is 5.02 Å². The molecule has 0 spiro atoms. The van der Waals surface area contributed by atoms with Crippen molar-refractivity contribution < 1.29 is 14.3 Å². The zero-order valence-electron chi connectivity index (χ0n) is 16.5. The van der Waals surface area contributed by atoms with Gasteiger partial charge in [0.25, 0.3) is 0 Å². The molecule has 29 heavy (non-hydrogen) atoms. The van der Waals surface area contributed by atoms with Crippen molar-refractivity contribution in [3.63, 3.8) is 0 Å². The van der Waals surface area contributed by atoms with Crippen LogP contribution in [-0.2, 0) is 14.9 Å². The first-order valence-electron chi connectivity index (χ1n) is 9.91. The summed E-state index contributed by atoms with van der Waals surface area (Å²) < 4.78 is 11.2. The number of anilines is 1. The molecule has 1 amide bonds. The number of carbonyl (C=O) groups excluding carboxylic acids is 1. The average molecular weight is 413 g/mol. The second kappa shape index (κ2) is 9.78. The number of amides is 1. The molecule has 3 rings (SSSR count). The van der Waals surface area contributed by atoms with Crippen molar-refractivity contribution in [3.8, 4) is 11.8 Å². The third-order valence-corrected chi connectivity index (χ3v) is 5.54. The Bertz CT molecular complexity index is 884. The van der Waals surface area contributed by atoms with Gasteiger partial charge in [0.05, 0.1) is 17.6 Å². The summed E-state index contributed by atoms with van der Waals surface area (Å²) in [5.41, 5.74) is 1.22. The number of halogens is 1. The molecule has 0 aliphatic carbocycles. The number of hydrogen-bond acceptors (Lipinski definition) is 4. The van der Waals surface area contributed by atoms with Crippen LogP contribution in [0.3, 0.4) is 0 Å². The van der Waals surface area contributed by atoms with Crippen LogP contribution in [0.1, 0.15) is 43.7 Å². The highest BCUT2D eigenvalue weighted by Crippen LogP contribution is 2.37. The van der Waals surface area contributed by atoms with E-state index in [2.05, 4.69) is 18.3 Å². The zero-order valence-corrected chi connectivity index (χ0v) is 17.3.